The van der Waals surface area contributed by atoms with E-state index in [9.17, 15) is 4.79 Å². The average molecular weight is 461 g/mol. The summed E-state index contributed by atoms with van der Waals surface area (Å²) in [5, 5.41) is 10.5. The largest absolute Gasteiger partial charge is 0.493 e. The molecule has 0 radical (unpaired) electrons. The van der Waals surface area contributed by atoms with E-state index in [1.165, 1.54) is 7.11 Å². The highest BCUT2D eigenvalue weighted by Crippen LogP contribution is 2.31. The minimum absolute atomic E-state index is 0.189. The zero-order chi connectivity index (χ0) is 21.8. The topological polar surface area (TPSA) is 67.8 Å². The molecule has 0 bridgehead atoms. The molecule has 1 aliphatic heterocycles. The van der Waals surface area contributed by atoms with Crippen LogP contribution in [-0.2, 0) is 9.53 Å². The number of hydrogen-bond acceptors (Lipinski definition) is 7. The van der Waals surface area contributed by atoms with Gasteiger partial charge >= 0.3 is 5.97 Å². The van der Waals surface area contributed by atoms with Gasteiger partial charge in [0.2, 0.25) is 0 Å². The lowest BCUT2D eigenvalue weighted by molar-refractivity contribution is -0.141. The monoisotopic (exact) mass is 460 g/mol. The number of fused-ring (bicyclic) bond motifs is 1. The van der Waals surface area contributed by atoms with Crippen LogP contribution < -0.4 is 14.5 Å². The molecule has 0 atom stereocenters. The first-order chi connectivity index (χ1) is 15.0. The Kier molecular flexibility index (Phi) is 6.63. The molecule has 1 saturated heterocycles. The molecular formula is C22H22Cl2N4O3. The number of benzene rings is 2. The van der Waals surface area contributed by atoms with E-state index in [-0.39, 0.29) is 19.0 Å². The van der Waals surface area contributed by atoms with E-state index in [1.54, 1.807) is 12.3 Å². The van der Waals surface area contributed by atoms with Crippen molar-refractivity contribution in [1.82, 2.24) is 10.2 Å². The van der Waals surface area contributed by atoms with Crippen LogP contribution >= 0.6 is 23.2 Å². The van der Waals surface area contributed by atoms with Crippen LogP contribution in [0.2, 0.25) is 10.0 Å². The molecule has 1 fully saturated rings. The van der Waals surface area contributed by atoms with Crippen molar-refractivity contribution in [3.05, 3.63) is 52.6 Å². The molecule has 0 unspecified atom stereocenters. The van der Waals surface area contributed by atoms with Gasteiger partial charge in [-0.2, -0.15) is 5.10 Å². The van der Waals surface area contributed by atoms with Gasteiger partial charge in [-0.3, -0.25) is 4.79 Å². The zero-order valence-corrected chi connectivity index (χ0v) is 18.6. The smallest absolute Gasteiger partial charge is 0.308 e. The maximum atomic E-state index is 11.3. The minimum Gasteiger partial charge on any atom is -0.493 e. The molecule has 1 aliphatic rings. The Bertz CT molecular complexity index is 1090. The molecule has 0 amide bonds. The van der Waals surface area contributed by atoms with Crippen molar-refractivity contribution >= 4 is 51.4 Å². The molecule has 2 heterocycles. The van der Waals surface area contributed by atoms with Gasteiger partial charge in [-0.15, -0.1) is 5.10 Å². The second-order valence-corrected chi connectivity index (χ2v) is 8.00. The molecule has 2 aromatic carbocycles. The predicted molar refractivity (Wildman–Crippen MR) is 123 cm³/mol. The molecule has 3 aromatic rings. The normalized spacial score (nSPS) is 14.0. The van der Waals surface area contributed by atoms with Crippen molar-refractivity contribution in [2.75, 3.05) is 49.7 Å². The van der Waals surface area contributed by atoms with Gasteiger partial charge in [-0.25, -0.2) is 0 Å². The van der Waals surface area contributed by atoms with E-state index in [0.29, 0.717) is 21.3 Å². The van der Waals surface area contributed by atoms with E-state index in [1.807, 2.05) is 30.3 Å². The Labute approximate surface area is 190 Å². The molecule has 0 N–H and O–H groups in total. The fourth-order valence-electron chi connectivity index (χ4n) is 3.66. The summed E-state index contributed by atoms with van der Waals surface area (Å²) in [4.78, 5) is 15.8. The highest BCUT2D eigenvalue weighted by molar-refractivity contribution is 6.35. The van der Waals surface area contributed by atoms with Gasteiger partial charge < -0.3 is 19.3 Å². The van der Waals surface area contributed by atoms with Gasteiger partial charge in [0, 0.05) is 48.3 Å². The molecule has 0 saturated carbocycles. The number of carbonyl (C=O) groups excluding carboxylic acids is 1. The third-order valence-electron chi connectivity index (χ3n) is 5.24. The Morgan fingerprint density at radius 1 is 1.10 bits per heavy atom. The number of anilines is 2. The number of nitrogens with zero attached hydrogens (tertiary/aromatic N) is 4. The lowest BCUT2D eigenvalue weighted by Crippen LogP contribution is -2.46. The van der Waals surface area contributed by atoms with Crippen molar-refractivity contribution in [3.63, 3.8) is 0 Å². The Morgan fingerprint density at radius 2 is 1.87 bits per heavy atom. The van der Waals surface area contributed by atoms with Crippen LogP contribution in [0.4, 0.5) is 11.4 Å². The highest BCUT2D eigenvalue weighted by atomic mass is 35.5. The maximum absolute atomic E-state index is 11.3. The number of ether oxygens (including phenoxy) is 2. The Balaban J connectivity index is 1.44. The number of aromatic nitrogens is 2. The third kappa shape index (κ3) is 4.94. The fraction of sp³-hybridized carbons (Fsp3) is 0.318. The summed E-state index contributed by atoms with van der Waals surface area (Å²) in [5.74, 6) is 0.325. The Morgan fingerprint density at radius 3 is 2.65 bits per heavy atom. The summed E-state index contributed by atoms with van der Waals surface area (Å²) in [6, 6.07) is 11.4. The Hall–Kier alpha value is -2.77. The summed E-state index contributed by atoms with van der Waals surface area (Å²) >= 11 is 12.6. The zero-order valence-electron chi connectivity index (χ0n) is 17.1. The third-order valence-corrected chi connectivity index (χ3v) is 5.77. The average Bonchev–Trinajstić information content (AvgIpc) is 2.79. The molecule has 162 valence electrons. The lowest BCUT2D eigenvalue weighted by atomic mass is 10.1. The summed E-state index contributed by atoms with van der Waals surface area (Å²) in [6.45, 7) is 3.50. The summed E-state index contributed by atoms with van der Waals surface area (Å²) in [5.41, 5.74) is 2.73. The fourth-order valence-corrected chi connectivity index (χ4v) is 4.09. The minimum atomic E-state index is -0.308. The molecule has 0 aliphatic carbocycles. The van der Waals surface area contributed by atoms with Crippen molar-refractivity contribution in [1.29, 1.82) is 0 Å². The van der Waals surface area contributed by atoms with Gasteiger partial charge in [0.05, 0.1) is 37.0 Å². The van der Waals surface area contributed by atoms with Crippen LogP contribution in [0.25, 0.3) is 10.9 Å². The van der Waals surface area contributed by atoms with Crippen LogP contribution in [0, 0.1) is 0 Å². The van der Waals surface area contributed by atoms with Crippen LogP contribution in [0.5, 0.6) is 5.75 Å². The van der Waals surface area contributed by atoms with E-state index in [0.717, 1.165) is 42.9 Å². The van der Waals surface area contributed by atoms with Crippen molar-refractivity contribution in [2.24, 2.45) is 0 Å². The van der Waals surface area contributed by atoms with Crippen molar-refractivity contribution < 1.29 is 14.3 Å². The number of hydrogen-bond donors (Lipinski definition) is 0. The number of esters is 1. The molecule has 1 aromatic heterocycles. The van der Waals surface area contributed by atoms with Gasteiger partial charge in [0.1, 0.15) is 11.3 Å². The van der Waals surface area contributed by atoms with Crippen LogP contribution in [0.15, 0.2) is 42.6 Å². The first-order valence-corrected chi connectivity index (χ1v) is 10.7. The molecule has 31 heavy (non-hydrogen) atoms. The van der Waals surface area contributed by atoms with E-state index < -0.39 is 0 Å². The number of piperazine rings is 1. The highest BCUT2D eigenvalue weighted by Gasteiger charge is 2.21. The molecule has 9 heteroatoms. The van der Waals surface area contributed by atoms with E-state index in [2.05, 4.69) is 24.7 Å². The second-order valence-electron chi connectivity index (χ2n) is 7.16. The van der Waals surface area contributed by atoms with Gasteiger partial charge in [-0.1, -0.05) is 35.3 Å². The number of methoxy groups -OCH3 is 1. The van der Waals surface area contributed by atoms with Gasteiger partial charge in [0.15, 0.2) is 0 Å². The maximum Gasteiger partial charge on any atom is 0.308 e. The molecule has 7 nitrogen and oxygen atoms in total. The molecular weight excluding hydrogens is 439 g/mol. The SMILES string of the molecule is COC(=O)CCOc1cc(Cl)cc(N2CCN(c3cnnc4c(Cl)cccc34)CC2)c1. The standard InChI is InChI=1S/C22H22Cl2N4O3/c1-30-21(29)5-10-31-17-12-15(23)11-16(13-17)27-6-8-28(9-7-27)20-14-25-26-22-18(20)3-2-4-19(22)24/h2-4,11-14H,5-10H2,1H3. The second kappa shape index (κ2) is 9.58. The first kappa shape index (κ1) is 21.5. The summed E-state index contributed by atoms with van der Waals surface area (Å²) in [6.07, 6.45) is 1.98. The first-order valence-electron chi connectivity index (χ1n) is 9.95. The van der Waals surface area contributed by atoms with E-state index >= 15 is 0 Å². The lowest BCUT2D eigenvalue weighted by Gasteiger charge is -2.37. The summed E-state index contributed by atoms with van der Waals surface area (Å²) in [7, 11) is 1.36. The summed E-state index contributed by atoms with van der Waals surface area (Å²) < 4.78 is 10.3. The van der Waals surface area contributed by atoms with Gasteiger partial charge in [0.25, 0.3) is 0 Å². The van der Waals surface area contributed by atoms with E-state index in [4.69, 9.17) is 27.9 Å². The van der Waals surface area contributed by atoms with Crippen LogP contribution in [0.1, 0.15) is 6.42 Å². The van der Waals surface area contributed by atoms with Crippen LogP contribution in [0.3, 0.4) is 0 Å². The van der Waals surface area contributed by atoms with Gasteiger partial charge in [-0.05, 0) is 18.2 Å². The quantitative estimate of drug-likeness (QED) is 0.510. The number of rotatable bonds is 6. The predicted octanol–water partition coefficient (Wildman–Crippen LogP) is 4.21. The molecule has 4 rings (SSSR count). The van der Waals surface area contributed by atoms with Crippen molar-refractivity contribution in [2.45, 2.75) is 6.42 Å². The number of carbonyl (C=O) groups is 1. The van der Waals surface area contributed by atoms with Crippen LogP contribution in [-0.4, -0.2) is 56.1 Å². The van der Waals surface area contributed by atoms with Crippen molar-refractivity contribution in [3.8, 4) is 5.75 Å². The molecule has 0 spiro atoms. The number of halogens is 2.